The number of nitrogens with one attached hydrogen (secondary N) is 2. The number of carbonyl (C=O) groups is 2. The zero-order chi connectivity index (χ0) is 23.2. The lowest BCUT2D eigenvalue weighted by Crippen LogP contribution is -2.47. The zero-order valence-electron chi connectivity index (χ0n) is 17.8. The minimum Gasteiger partial charge on any atom is -0.355 e. The summed E-state index contributed by atoms with van der Waals surface area (Å²) in [6.45, 7) is -0.883. The molecule has 0 atom stereocenters. The number of rotatable bonds is 10. The zero-order valence-corrected chi connectivity index (χ0v) is 17.8. The van der Waals surface area contributed by atoms with Crippen LogP contribution in [0.4, 0.5) is 13.2 Å². The molecule has 0 heterocycles. The van der Waals surface area contributed by atoms with E-state index in [0.29, 0.717) is 19.4 Å². The molecule has 0 spiro atoms. The standard InChI is InChI=1S/C24H28F3N3O2/c25-24(26,27)16-30-22(32)23(13-7-1-2-8-14-29-21(31)15-28)19-11-5-3-9-17(19)18-10-4-6-12-20(18)23/h3-6,9-12H,1-2,7-8,13-16,28H2,(H,29,31)(H,30,32). The molecule has 0 saturated heterocycles. The monoisotopic (exact) mass is 447 g/mol. The number of hydrogen-bond acceptors (Lipinski definition) is 3. The van der Waals surface area contributed by atoms with Gasteiger partial charge >= 0.3 is 6.18 Å². The number of carbonyl (C=O) groups excluding carboxylic acids is 2. The number of fused-ring (bicyclic) bond motifs is 3. The SMILES string of the molecule is NCC(=O)NCCCCCCC1(C(=O)NCC(F)(F)F)c2ccccc2-c2ccccc21. The van der Waals surface area contributed by atoms with Gasteiger partial charge in [0.05, 0.1) is 6.54 Å². The summed E-state index contributed by atoms with van der Waals surface area (Å²) in [5, 5.41) is 4.86. The lowest BCUT2D eigenvalue weighted by atomic mass is 9.73. The minimum atomic E-state index is -4.48. The maximum Gasteiger partial charge on any atom is 0.405 e. The molecule has 2 aromatic rings. The Bertz CT molecular complexity index is 914. The molecule has 1 aliphatic rings. The molecule has 8 heteroatoms. The number of nitrogens with two attached hydrogens (primary N) is 1. The van der Waals surface area contributed by atoms with Crippen LogP contribution >= 0.6 is 0 Å². The summed E-state index contributed by atoms with van der Waals surface area (Å²) in [5.41, 5.74) is 7.36. The predicted octanol–water partition coefficient (Wildman–Crippen LogP) is 3.66. The van der Waals surface area contributed by atoms with Crippen LogP contribution < -0.4 is 16.4 Å². The predicted molar refractivity (Wildman–Crippen MR) is 117 cm³/mol. The molecule has 2 aromatic carbocycles. The molecular formula is C24H28F3N3O2. The molecule has 0 unspecified atom stereocenters. The van der Waals surface area contributed by atoms with Crippen LogP contribution in [0.25, 0.3) is 11.1 Å². The lowest BCUT2D eigenvalue weighted by Gasteiger charge is -2.31. The Morgan fingerprint density at radius 3 is 1.97 bits per heavy atom. The van der Waals surface area contributed by atoms with Crippen LogP contribution in [0.15, 0.2) is 48.5 Å². The average molecular weight is 448 g/mol. The van der Waals surface area contributed by atoms with Gasteiger partial charge < -0.3 is 16.4 Å². The Morgan fingerprint density at radius 1 is 0.844 bits per heavy atom. The lowest BCUT2D eigenvalue weighted by molar-refractivity contribution is -0.141. The summed E-state index contributed by atoms with van der Waals surface area (Å²) >= 11 is 0. The first-order chi connectivity index (χ1) is 15.3. The molecule has 0 bridgehead atoms. The second-order valence-corrected chi connectivity index (χ2v) is 8.01. The molecule has 0 fully saturated rings. The van der Waals surface area contributed by atoms with E-state index in [0.717, 1.165) is 41.5 Å². The highest BCUT2D eigenvalue weighted by atomic mass is 19.4. The first-order valence-corrected chi connectivity index (χ1v) is 10.8. The van der Waals surface area contributed by atoms with Crippen LogP contribution in [0.5, 0.6) is 0 Å². The molecule has 172 valence electrons. The number of halogens is 3. The molecule has 2 amide bonds. The van der Waals surface area contributed by atoms with Gasteiger partial charge in [-0.2, -0.15) is 13.2 Å². The highest BCUT2D eigenvalue weighted by Crippen LogP contribution is 2.51. The van der Waals surface area contributed by atoms with Gasteiger partial charge in [-0.25, -0.2) is 0 Å². The third-order valence-corrected chi connectivity index (χ3v) is 5.89. The third kappa shape index (κ3) is 5.12. The fourth-order valence-corrected chi connectivity index (χ4v) is 4.45. The summed E-state index contributed by atoms with van der Waals surface area (Å²) in [6.07, 6.45) is -1.03. The van der Waals surface area contributed by atoms with E-state index in [-0.39, 0.29) is 12.5 Å². The van der Waals surface area contributed by atoms with Crippen molar-refractivity contribution >= 4 is 11.8 Å². The Balaban J connectivity index is 1.79. The quantitative estimate of drug-likeness (QED) is 0.486. The molecule has 32 heavy (non-hydrogen) atoms. The van der Waals surface area contributed by atoms with Crippen molar-refractivity contribution in [3.05, 3.63) is 59.7 Å². The molecule has 0 saturated carbocycles. The van der Waals surface area contributed by atoms with Gasteiger partial charge in [-0.15, -0.1) is 0 Å². The first-order valence-electron chi connectivity index (χ1n) is 10.8. The molecular weight excluding hydrogens is 419 g/mol. The van der Waals surface area contributed by atoms with Gasteiger partial charge in [0, 0.05) is 6.54 Å². The molecule has 5 nitrogen and oxygen atoms in total. The second-order valence-electron chi connectivity index (χ2n) is 8.01. The Hall–Kier alpha value is -2.87. The number of unbranched alkanes of at least 4 members (excludes halogenated alkanes) is 3. The van der Waals surface area contributed by atoms with E-state index in [1.807, 2.05) is 48.5 Å². The van der Waals surface area contributed by atoms with Crippen molar-refractivity contribution in [2.24, 2.45) is 5.73 Å². The second kappa shape index (κ2) is 10.2. The van der Waals surface area contributed by atoms with Crippen molar-refractivity contribution in [2.45, 2.75) is 43.7 Å². The maximum absolute atomic E-state index is 13.3. The fraction of sp³-hybridized carbons (Fsp3) is 0.417. The highest BCUT2D eigenvalue weighted by Gasteiger charge is 2.49. The van der Waals surface area contributed by atoms with Crippen LogP contribution in [0.2, 0.25) is 0 Å². The van der Waals surface area contributed by atoms with E-state index in [1.165, 1.54) is 0 Å². The molecule has 1 aliphatic carbocycles. The number of hydrogen-bond donors (Lipinski definition) is 3. The summed E-state index contributed by atoms with van der Waals surface area (Å²) in [7, 11) is 0. The van der Waals surface area contributed by atoms with Crippen LogP contribution in [-0.4, -0.2) is 37.6 Å². The smallest absolute Gasteiger partial charge is 0.355 e. The van der Waals surface area contributed by atoms with Crippen molar-refractivity contribution in [3.8, 4) is 11.1 Å². The van der Waals surface area contributed by atoms with E-state index in [1.54, 1.807) is 0 Å². The average Bonchev–Trinajstić information content (AvgIpc) is 3.07. The number of amides is 2. The number of alkyl halides is 3. The highest BCUT2D eigenvalue weighted by molar-refractivity contribution is 6.00. The van der Waals surface area contributed by atoms with Gasteiger partial charge in [-0.05, 0) is 35.1 Å². The van der Waals surface area contributed by atoms with Gasteiger partial charge in [0.15, 0.2) is 0 Å². The molecule has 0 radical (unpaired) electrons. The Morgan fingerprint density at radius 2 is 1.41 bits per heavy atom. The van der Waals surface area contributed by atoms with Crippen molar-refractivity contribution < 1.29 is 22.8 Å². The van der Waals surface area contributed by atoms with Crippen LogP contribution in [0.1, 0.15) is 43.2 Å². The maximum atomic E-state index is 13.3. The summed E-state index contributed by atoms with van der Waals surface area (Å²) in [5.74, 6) is -0.827. The van der Waals surface area contributed by atoms with Crippen molar-refractivity contribution in [2.75, 3.05) is 19.6 Å². The molecule has 3 rings (SSSR count). The largest absolute Gasteiger partial charge is 0.405 e. The fourth-order valence-electron chi connectivity index (χ4n) is 4.45. The van der Waals surface area contributed by atoms with Crippen molar-refractivity contribution in [1.29, 1.82) is 0 Å². The topological polar surface area (TPSA) is 84.2 Å². The minimum absolute atomic E-state index is 0.0472. The summed E-state index contributed by atoms with van der Waals surface area (Å²) < 4.78 is 38.6. The molecule has 0 aromatic heterocycles. The number of benzene rings is 2. The first kappa shape index (κ1) is 23.8. The summed E-state index contributed by atoms with van der Waals surface area (Å²) in [6, 6.07) is 14.9. The van der Waals surface area contributed by atoms with Gasteiger partial charge in [0.25, 0.3) is 0 Å². The van der Waals surface area contributed by atoms with Crippen LogP contribution in [-0.2, 0) is 15.0 Å². The van der Waals surface area contributed by atoms with E-state index in [9.17, 15) is 22.8 Å². The summed E-state index contributed by atoms with van der Waals surface area (Å²) in [4.78, 5) is 24.5. The molecule has 4 N–H and O–H groups in total. The van der Waals surface area contributed by atoms with Crippen LogP contribution in [0.3, 0.4) is 0 Å². The van der Waals surface area contributed by atoms with Gasteiger partial charge in [0.2, 0.25) is 11.8 Å². The van der Waals surface area contributed by atoms with E-state index >= 15 is 0 Å². The van der Waals surface area contributed by atoms with E-state index in [2.05, 4.69) is 10.6 Å². The van der Waals surface area contributed by atoms with Crippen molar-refractivity contribution in [1.82, 2.24) is 10.6 Å². The Kier molecular flexibility index (Phi) is 7.56. The Labute approximate surface area is 185 Å². The third-order valence-electron chi connectivity index (χ3n) is 5.89. The van der Waals surface area contributed by atoms with Gasteiger partial charge in [-0.3, -0.25) is 9.59 Å². The van der Waals surface area contributed by atoms with Gasteiger partial charge in [-0.1, -0.05) is 67.8 Å². The normalized spacial score (nSPS) is 13.9. The van der Waals surface area contributed by atoms with E-state index in [4.69, 9.17) is 5.73 Å². The van der Waals surface area contributed by atoms with Crippen molar-refractivity contribution in [3.63, 3.8) is 0 Å². The van der Waals surface area contributed by atoms with Gasteiger partial charge in [0.1, 0.15) is 12.0 Å². The van der Waals surface area contributed by atoms with Crippen LogP contribution in [0, 0.1) is 0 Å². The van der Waals surface area contributed by atoms with E-state index < -0.39 is 24.0 Å². The molecule has 0 aliphatic heterocycles.